The Bertz CT molecular complexity index is 542. The van der Waals surface area contributed by atoms with Crippen LogP contribution in [-0.2, 0) is 0 Å². The zero-order valence-electron chi connectivity index (χ0n) is 8.04. The molecule has 0 spiro atoms. The molecule has 1 aromatic carbocycles. The molecule has 80 valence electrons. The third-order valence-electron chi connectivity index (χ3n) is 2.01. The Labute approximate surface area is 89.7 Å². The van der Waals surface area contributed by atoms with Gasteiger partial charge < -0.3 is 10.8 Å². The summed E-state index contributed by atoms with van der Waals surface area (Å²) in [4.78, 5) is 29.6. The molecule has 0 saturated heterocycles. The zero-order chi connectivity index (χ0) is 11.7. The van der Waals surface area contributed by atoms with Gasteiger partial charge in [-0.2, -0.15) is 0 Å². The van der Waals surface area contributed by atoms with Crippen molar-refractivity contribution in [2.45, 2.75) is 0 Å². The van der Waals surface area contributed by atoms with Crippen molar-refractivity contribution >= 4 is 22.9 Å². The van der Waals surface area contributed by atoms with Crippen LogP contribution < -0.4 is 5.73 Å². The van der Waals surface area contributed by atoms with Crippen molar-refractivity contribution in [2.24, 2.45) is 5.73 Å². The summed E-state index contributed by atoms with van der Waals surface area (Å²) in [7, 11) is 0. The maximum Gasteiger partial charge on any atom is 0.357 e. The number of aromatic carboxylic acids is 1. The van der Waals surface area contributed by atoms with Crippen molar-refractivity contribution in [3.63, 3.8) is 0 Å². The van der Waals surface area contributed by atoms with E-state index in [4.69, 9.17) is 10.8 Å². The van der Waals surface area contributed by atoms with E-state index in [0.717, 1.165) is 0 Å². The summed E-state index contributed by atoms with van der Waals surface area (Å²) >= 11 is 0. The number of para-hydroxylation sites is 2. The molecule has 0 aliphatic heterocycles. The molecule has 0 saturated carbocycles. The van der Waals surface area contributed by atoms with E-state index < -0.39 is 17.6 Å². The van der Waals surface area contributed by atoms with Crippen LogP contribution in [0.2, 0.25) is 0 Å². The van der Waals surface area contributed by atoms with E-state index in [2.05, 4.69) is 9.97 Å². The fourth-order valence-corrected chi connectivity index (χ4v) is 1.32. The number of carboxylic acid groups (broad SMARTS) is 1. The minimum absolute atomic E-state index is 0.328. The zero-order valence-corrected chi connectivity index (χ0v) is 8.04. The van der Waals surface area contributed by atoms with Crippen LogP contribution >= 0.6 is 0 Å². The van der Waals surface area contributed by atoms with Gasteiger partial charge in [0.05, 0.1) is 11.0 Å². The number of benzene rings is 1. The van der Waals surface area contributed by atoms with Crippen molar-refractivity contribution in [1.82, 2.24) is 9.97 Å². The predicted octanol–water partition coefficient (Wildman–Crippen LogP) is 0.427. The number of amides is 1. The smallest absolute Gasteiger partial charge is 0.357 e. The number of nitrogens with two attached hydrogens (primary N) is 1. The summed E-state index contributed by atoms with van der Waals surface area (Å²) < 4.78 is 0. The van der Waals surface area contributed by atoms with Crippen LogP contribution in [0.5, 0.6) is 0 Å². The van der Waals surface area contributed by atoms with Gasteiger partial charge in [0.1, 0.15) is 0 Å². The molecule has 0 fully saturated rings. The number of fused-ring (bicyclic) bond motifs is 1. The molecular formula is C10H7N3O3. The molecule has 1 aromatic heterocycles. The minimum Gasteiger partial charge on any atom is -0.476 e. The molecule has 0 unspecified atom stereocenters. The van der Waals surface area contributed by atoms with Crippen molar-refractivity contribution in [3.05, 3.63) is 35.7 Å². The van der Waals surface area contributed by atoms with Crippen LogP contribution in [0.4, 0.5) is 0 Å². The number of rotatable bonds is 2. The van der Waals surface area contributed by atoms with Gasteiger partial charge in [-0.05, 0) is 12.1 Å². The lowest BCUT2D eigenvalue weighted by molar-refractivity contribution is 0.0685. The molecular weight excluding hydrogens is 210 g/mol. The van der Waals surface area contributed by atoms with Crippen LogP contribution in [0.15, 0.2) is 24.3 Å². The molecule has 0 aliphatic carbocycles. The first kappa shape index (κ1) is 10.0. The summed E-state index contributed by atoms with van der Waals surface area (Å²) in [5.41, 5.74) is 5.13. The lowest BCUT2D eigenvalue weighted by Gasteiger charge is -2.02. The molecule has 0 atom stereocenters. The average molecular weight is 217 g/mol. The molecule has 2 aromatic rings. The number of carbonyl (C=O) groups is 2. The lowest BCUT2D eigenvalue weighted by atomic mass is 10.2. The first-order valence-electron chi connectivity index (χ1n) is 4.39. The first-order valence-corrected chi connectivity index (χ1v) is 4.39. The number of carbonyl (C=O) groups excluding carboxylic acids is 1. The van der Waals surface area contributed by atoms with Gasteiger partial charge in [0.25, 0.3) is 5.91 Å². The fourth-order valence-electron chi connectivity index (χ4n) is 1.32. The first-order chi connectivity index (χ1) is 7.59. The standard InChI is InChI=1S/C10H7N3O3/c11-9(14)7-8(10(15)16)13-6-4-2-1-3-5(6)12-7/h1-4H,(H2,11,14)(H,15,16). The van der Waals surface area contributed by atoms with Crippen molar-refractivity contribution in [3.8, 4) is 0 Å². The largest absolute Gasteiger partial charge is 0.476 e. The maximum atomic E-state index is 11.0. The summed E-state index contributed by atoms with van der Waals surface area (Å²) in [6.45, 7) is 0. The van der Waals surface area contributed by atoms with Gasteiger partial charge in [-0.1, -0.05) is 12.1 Å². The van der Waals surface area contributed by atoms with Crippen molar-refractivity contribution in [1.29, 1.82) is 0 Å². The van der Waals surface area contributed by atoms with Crippen molar-refractivity contribution in [2.75, 3.05) is 0 Å². The highest BCUT2D eigenvalue weighted by atomic mass is 16.4. The van der Waals surface area contributed by atoms with Crippen molar-refractivity contribution < 1.29 is 14.7 Å². The Hall–Kier alpha value is -2.50. The third kappa shape index (κ3) is 1.56. The molecule has 0 radical (unpaired) electrons. The molecule has 2 rings (SSSR count). The molecule has 16 heavy (non-hydrogen) atoms. The molecule has 0 aliphatic rings. The lowest BCUT2D eigenvalue weighted by Crippen LogP contribution is -2.19. The normalized spacial score (nSPS) is 10.2. The van der Waals surface area contributed by atoms with Crippen LogP contribution in [0.3, 0.4) is 0 Å². The fraction of sp³-hybridized carbons (Fsp3) is 0. The maximum absolute atomic E-state index is 11.0. The second kappa shape index (κ2) is 3.58. The Morgan fingerprint density at radius 1 is 1.06 bits per heavy atom. The molecule has 6 nitrogen and oxygen atoms in total. The second-order valence-electron chi connectivity index (χ2n) is 3.08. The van der Waals surface area contributed by atoms with Gasteiger partial charge in [0.15, 0.2) is 11.4 Å². The van der Waals surface area contributed by atoms with Crippen LogP contribution in [0.25, 0.3) is 11.0 Å². The highest BCUT2D eigenvalue weighted by molar-refractivity contribution is 6.03. The van der Waals surface area contributed by atoms with E-state index >= 15 is 0 Å². The Kier molecular flexibility index (Phi) is 2.24. The molecule has 1 heterocycles. The van der Waals surface area contributed by atoms with Gasteiger partial charge in [-0.25, -0.2) is 14.8 Å². The monoisotopic (exact) mass is 217 g/mol. The number of hydrogen-bond donors (Lipinski definition) is 2. The minimum atomic E-state index is -1.33. The number of hydrogen-bond acceptors (Lipinski definition) is 4. The molecule has 3 N–H and O–H groups in total. The van der Waals surface area contributed by atoms with Crippen LogP contribution in [0, 0.1) is 0 Å². The van der Waals surface area contributed by atoms with E-state index in [1.165, 1.54) is 0 Å². The Balaban J connectivity index is 2.81. The Morgan fingerprint density at radius 3 is 2.00 bits per heavy atom. The Morgan fingerprint density at radius 2 is 1.56 bits per heavy atom. The van der Waals surface area contributed by atoms with E-state index in [1.54, 1.807) is 24.3 Å². The quantitative estimate of drug-likeness (QED) is 0.758. The van der Waals surface area contributed by atoms with Crippen LogP contribution in [-0.4, -0.2) is 27.0 Å². The van der Waals surface area contributed by atoms with E-state index in [0.29, 0.717) is 11.0 Å². The topological polar surface area (TPSA) is 106 Å². The highest BCUT2D eigenvalue weighted by Gasteiger charge is 2.18. The number of carboxylic acids is 1. The predicted molar refractivity (Wildman–Crippen MR) is 55.0 cm³/mol. The summed E-state index contributed by atoms with van der Waals surface area (Å²) in [5.74, 6) is -2.23. The average Bonchev–Trinajstić information content (AvgIpc) is 2.27. The second-order valence-corrected chi connectivity index (χ2v) is 3.08. The summed E-state index contributed by atoms with van der Waals surface area (Å²) in [6.07, 6.45) is 0. The molecule has 6 heteroatoms. The van der Waals surface area contributed by atoms with Gasteiger partial charge in [0, 0.05) is 0 Å². The summed E-state index contributed by atoms with van der Waals surface area (Å²) in [5, 5.41) is 8.86. The summed E-state index contributed by atoms with van der Waals surface area (Å²) in [6, 6.07) is 6.65. The number of nitrogens with zero attached hydrogens (tertiary/aromatic N) is 2. The van der Waals surface area contributed by atoms with Crippen LogP contribution in [0.1, 0.15) is 21.0 Å². The number of primary amides is 1. The molecule has 1 amide bonds. The third-order valence-corrected chi connectivity index (χ3v) is 2.01. The van der Waals surface area contributed by atoms with E-state index in [9.17, 15) is 9.59 Å². The number of aromatic nitrogens is 2. The van der Waals surface area contributed by atoms with Gasteiger partial charge in [-0.3, -0.25) is 4.79 Å². The van der Waals surface area contributed by atoms with E-state index in [1.807, 2.05) is 0 Å². The SMILES string of the molecule is NC(=O)c1nc2ccccc2nc1C(=O)O. The van der Waals surface area contributed by atoms with Gasteiger partial charge in [0.2, 0.25) is 0 Å². The van der Waals surface area contributed by atoms with E-state index in [-0.39, 0.29) is 5.69 Å². The van der Waals surface area contributed by atoms with Gasteiger partial charge in [-0.15, -0.1) is 0 Å². The van der Waals surface area contributed by atoms with Gasteiger partial charge >= 0.3 is 5.97 Å². The highest BCUT2D eigenvalue weighted by Crippen LogP contribution is 2.12. The molecule has 0 bridgehead atoms.